The van der Waals surface area contributed by atoms with Crippen LogP contribution >= 0.6 is 0 Å². The SMILES string of the molecule is O=CC(Cc1ccccc1)ONc1ccccc1. The summed E-state index contributed by atoms with van der Waals surface area (Å²) in [6, 6.07) is 19.3. The van der Waals surface area contributed by atoms with E-state index in [1.807, 2.05) is 60.7 Å². The van der Waals surface area contributed by atoms with Gasteiger partial charge >= 0.3 is 0 Å². The van der Waals surface area contributed by atoms with Gasteiger partial charge in [0.15, 0.2) is 6.29 Å². The van der Waals surface area contributed by atoms with Gasteiger partial charge in [0, 0.05) is 6.42 Å². The standard InChI is InChI=1S/C15H15NO2/c17-12-15(11-13-7-3-1-4-8-13)18-16-14-9-5-2-6-10-14/h1-10,12,15-16H,11H2. The summed E-state index contributed by atoms with van der Waals surface area (Å²) in [4.78, 5) is 16.3. The summed E-state index contributed by atoms with van der Waals surface area (Å²) in [5, 5.41) is 0. The molecule has 1 unspecified atom stereocenters. The smallest absolute Gasteiger partial charge is 0.151 e. The molecule has 3 nitrogen and oxygen atoms in total. The van der Waals surface area contributed by atoms with E-state index in [-0.39, 0.29) is 0 Å². The van der Waals surface area contributed by atoms with Crippen molar-refractivity contribution in [2.45, 2.75) is 12.5 Å². The molecule has 0 fully saturated rings. The van der Waals surface area contributed by atoms with E-state index in [1.54, 1.807) is 0 Å². The predicted octanol–water partition coefficient (Wildman–Crippen LogP) is 2.84. The minimum Gasteiger partial charge on any atom is -0.300 e. The van der Waals surface area contributed by atoms with Crippen molar-refractivity contribution in [3.05, 3.63) is 66.2 Å². The van der Waals surface area contributed by atoms with Gasteiger partial charge < -0.3 is 4.79 Å². The van der Waals surface area contributed by atoms with Gasteiger partial charge in [0.1, 0.15) is 6.10 Å². The Morgan fingerprint density at radius 2 is 1.61 bits per heavy atom. The summed E-state index contributed by atoms with van der Waals surface area (Å²) in [5.41, 5.74) is 4.69. The van der Waals surface area contributed by atoms with Gasteiger partial charge in [0.05, 0.1) is 5.69 Å². The summed E-state index contributed by atoms with van der Waals surface area (Å²) in [7, 11) is 0. The van der Waals surface area contributed by atoms with Crippen molar-refractivity contribution in [3.8, 4) is 0 Å². The van der Waals surface area contributed by atoms with Crippen LogP contribution in [-0.2, 0) is 16.1 Å². The Kier molecular flexibility index (Phi) is 4.50. The van der Waals surface area contributed by atoms with Crippen molar-refractivity contribution in [1.82, 2.24) is 0 Å². The van der Waals surface area contributed by atoms with Crippen LogP contribution in [0.15, 0.2) is 60.7 Å². The van der Waals surface area contributed by atoms with Crippen molar-refractivity contribution in [2.24, 2.45) is 0 Å². The third kappa shape index (κ3) is 3.71. The van der Waals surface area contributed by atoms with Crippen LogP contribution in [0.2, 0.25) is 0 Å². The quantitative estimate of drug-likeness (QED) is 0.624. The van der Waals surface area contributed by atoms with Crippen LogP contribution in [0, 0.1) is 0 Å². The van der Waals surface area contributed by atoms with Gasteiger partial charge in [-0.2, -0.15) is 0 Å². The maximum Gasteiger partial charge on any atom is 0.151 e. The van der Waals surface area contributed by atoms with E-state index in [2.05, 4.69) is 5.48 Å². The molecule has 0 saturated carbocycles. The Balaban J connectivity index is 1.88. The number of nitrogens with one attached hydrogen (secondary N) is 1. The zero-order chi connectivity index (χ0) is 12.6. The molecule has 1 atom stereocenters. The second kappa shape index (κ2) is 6.57. The fourth-order valence-electron chi connectivity index (χ4n) is 1.61. The van der Waals surface area contributed by atoms with Gasteiger partial charge in [0.2, 0.25) is 0 Å². The third-order valence-electron chi connectivity index (χ3n) is 2.53. The first-order valence-corrected chi connectivity index (χ1v) is 5.84. The molecule has 0 aliphatic rings. The van der Waals surface area contributed by atoms with E-state index in [1.165, 1.54) is 0 Å². The lowest BCUT2D eigenvalue weighted by Crippen LogP contribution is -2.21. The maximum atomic E-state index is 11.0. The number of carbonyl (C=O) groups is 1. The minimum absolute atomic E-state index is 0.493. The van der Waals surface area contributed by atoms with Gasteiger partial charge in [-0.1, -0.05) is 48.5 Å². The molecule has 0 aliphatic carbocycles. The van der Waals surface area contributed by atoms with Crippen molar-refractivity contribution >= 4 is 12.0 Å². The second-order valence-corrected chi connectivity index (χ2v) is 3.95. The number of hydrogen-bond acceptors (Lipinski definition) is 3. The van der Waals surface area contributed by atoms with Crippen LogP contribution < -0.4 is 5.48 Å². The zero-order valence-electron chi connectivity index (χ0n) is 9.95. The number of carbonyl (C=O) groups excluding carboxylic acids is 1. The summed E-state index contributed by atoms with van der Waals surface area (Å²) < 4.78 is 0. The van der Waals surface area contributed by atoms with E-state index >= 15 is 0 Å². The largest absolute Gasteiger partial charge is 0.300 e. The van der Waals surface area contributed by atoms with E-state index in [4.69, 9.17) is 4.84 Å². The van der Waals surface area contributed by atoms with Crippen molar-refractivity contribution < 1.29 is 9.63 Å². The Morgan fingerprint density at radius 1 is 1.00 bits per heavy atom. The first kappa shape index (κ1) is 12.3. The molecule has 92 valence electrons. The highest BCUT2D eigenvalue weighted by atomic mass is 16.7. The molecule has 18 heavy (non-hydrogen) atoms. The van der Waals surface area contributed by atoms with Crippen LogP contribution in [0.5, 0.6) is 0 Å². The first-order chi connectivity index (χ1) is 8.88. The van der Waals surface area contributed by atoms with E-state index < -0.39 is 6.10 Å². The third-order valence-corrected chi connectivity index (χ3v) is 2.53. The van der Waals surface area contributed by atoms with Crippen molar-refractivity contribution in [2.75, 3.05) is 5.48 Å². The number of hydrogen-bond donors (Lipinski definition) is 1. The molecule has 0 saturated heterocycles. The lowest BCUT2D eigenvalue weighted by Gasteiger charge is -2.13. The van der Waals surface area contributed by atoms with Crippen LogP contribution in [0.1, 0.15) is 5.56 Å². The molecule has 2 rings (SSSR count). The first-order valence-electron chi connectivity index (χ1n) is 5.84. The van der Waals surface area contributed by atoms with Gasteiger partial charge in [-0.3, -0.25) is 10.3 Å². The second-order valence-electron chi connectivity index (χ2n) is 3.95. The average Bonchev–Trinajstić information content (AvgIpc) is 2.45. The van der Waals surface area contributed by atoms with E-state index in [9.17, 15) is 4.79 Å². The molecule has 0 spiro atoms. The van der Waals surface area contributed by atoms with Gasteiger partial charge in [-0.15, -0.1) is 0 Å². The number of aldehydes is 1. The number of rotatable bonds is 6. The molecular weight excluding hydrogens is 226 g/mol. The van der Waals surface area contributed by atoms with Crippen molar-refractivity contribution in [3.63, 3.8) is 0 Å². The topological polar surface area (TPSA) is 38.3 Å². The lowest BCUT2D eigenvalue weighted by atomic mass is 10.1. The van der Waals surface area contributed by atoms with Crippen LogP contribution in [0.25, 0.3) is 0 Å². The monoisotopic (exact) mass is 241 g/mol. The summed E-state index contributed by atoms with van der Waals surface area (Å²) in [6.45, 7) is 0. The Bertz CT molecular complexity index is 470. The Morgan fingerprint density at radius 3 is 2.22 bits per heavy atom. The normalized spacial score (nSPS) is 11.8. The fourth-order valence-corrected chi connectivity index (χ4v) is 1.61. The highest BCUT2D eigenvalue weighted by Crippen LogP contribution is 2.08. The lowest BCUT2D eigenvalue weighted by molar-refractivity contribution is -0.116. The van der Waals surface area contributed by atoms with Crippen LogP contribution in [0.4, 0.5) is 5.69 Å². The molecule has 0 bridgehead atoms. The van der Waals surface area contributed by atoms with E-state index in [0.29, 0.717) is 6.42 Å². The molecule has 1 N–H and O–H groups in total. The molecule has 2 aromatic carbocycles. The summed E-state index contributed by atoms with van der Waals surface area (Å²) in [5.74, 6) is 0. The average molecular weight is 241 g/mol. The van der Waals surface area contributed by atoms with Gasteiger partial charge in [-0.05, 0) is 17.7 Å². The van der Waals surface area contributed by atoms with Crippen LogP contribution in [0.3, 0.4) is 0 Å². The molecule has 0 aliphatic heterocycles. The molecule has 0 heterocycles. The molecule has 0 radical (unpaired) electrons. The maximum absolute atomic E-state index is 11.0. The molecule has 0 aromatic heterocycles. The summed E-state index contributed by atoms with van der Waals surface area (Å²) >= 11 is 0. The predicted molar refractivity (Wildman–Crippen MR) is 71.1 cm³/mol. The fraction of sp³-hybridized carbons (Fsp3) is 0.133. The molecule has 2 aromatic rings. The zero-order valence-corrected chi connectivity index (χ0v) is 9.95. The highest BCUT2D eigenvalue weighted by molar-refractivity contribution is 5.57. The highest BCUT2D eigenvalue weighted by Gasteiger charge is 2.09. The van der Waals surface area contributed by atoms with E-state index in [0.717, 1.165) is 17.5 Å². The molecular formula is C15H15NO2. The number of anilines is 1. The Labute approximate surface area is 106 Å². The Hall–Kier alpha value is -2.13. The summed E-state index contributed by atoms with van der Waals surface area (Å²) in [6.07, 6.45) is 0.875. The number of benzene rings is 2. The molecule has 3 heteroatoms. The minimum atomic E-state index is -0.493. The van der Waals surface area contributed by atoms with Gasteiger partial charge in [0.25, 0.3) is 0 Å². The number of para-hydroxylation sites is 1. The molecule has 0 amide bonds. The van der Waals surface area contributed by atoms with Crippen molar-refractivity contribution in [1.29, 1.82) is 0 Å². The van der Waals surface area contributed by atoms with Gasteiger partial charge in [-0.25, -0.2) is 0 Å². The van der Waals surface area contributed by atoms with Crippen LogP contribution in [-0.4, -0.2) is 12.4 Å².